The Hall–Kier alpha value is 0.270. The van der Waals surface area contributed by atoms with Crippen LogP contribution in [-0.2, 0) is 0 Å². The summed E-state index contributed by atoms with van der Waals surface area (Å²) in [7, 11) is 0. The van der Waals surface area contributed by atoms with Crippen molar-refractivity contribution in [3.63, 3.8) is 0 Å². The Labute approximate surface area is 91.6 Å². The van der Waals surface area contributed by atoms with Gasteiger partial charge in [0.15, 0.2) is 0 Å². The Bertz CT molecular complexity index is 188. The van der Waals surface area contributed by atoms with Gasteiger partial charge in [-0.3, -0.25) is 4.90 Å². The summed E-state index contributed by atoms with van der Waals surface area (Å²) in [6, 6.07) is 0. The average Bonchev–Trinajstić information content (AvgIpc) is 3.03. The Morgan fingerprint density at radius 3 is 2.50 bits per heavy atom. The van der Waals surface area contributed by atoms with Gasteiger partial charge < -0.3 is 5.73 Å². The summed E-state index contributed by atoms with van der Waals surface area (Å²) >= 11 is 2.08. The van der Waals surface area contributed by atoms with E-state index in [0.29, 0.717) is 5.54 Å². The molecular formula is C11H22N2S. The second-order valence-corrected chi connectivity index (χ2v) is 6.17. The molecule has 1 aliphatic carbocycles. The van der Waals surface area contributed by atoms with Crippen LogP contribution in [0.4, 0.5) is 0 Å². The SMILES string of the molecule is CC(CN)(CC1CC1)N1CCSCC1. The summed E-state index contributed by atoms with van der Waals surface area (Å²) in [6.45, 7) is 5.67. The molecule has 1 saturated heterocycles. The molecule has 0 aromatic carbocycles. The van der Waals surface area contributed by atoms with Gasteiger partial charge in [-0.2, -0.15) is 11.8 Å². The molecule has 0 bridgehead atoms. The summed E-state index contributed by atoms with van der Waals surface area (Å²) in [5.41, 5.74) is 6.26. The molecule has 2 rings (SSSR count). The van der Waals surface area contributed by atoms with Crippen LogP contribution in [0.25, 0.3) is 0 Å². The summed E-state index contributed by atoms with van der Waals surface area (Å²) in [6.07, 6.45) is 4.21. The van der Waals surface area contributed by atoms with E-state index in [1.54, 1.807) is 0 Å². The first-order valence-corrected chi connectivity index (χ1v) is 6.93. The first-order chi connectivity index (χ1) is 6.74. The molecule has 82 valence electrons. The van der Waals surface area contributed by atoms with Crippen LogP contribution in [-0.4, -0.2) is 41.6 Å². The fraction of sp³-hybridized carbons (Fsp3) is 1.00. The Balaban J connectivity index is 1.93. The lowest BCUT2D eigenvalue weighted by Gasteiger charge is -2.43. The van der Waals surface area contributed by atoms with Crippen LogP contribution in [0.2, 0.25) is 0 Å². The number of rotatable bonds is 4. The van der Waals surface area contributed by atoms with Gasteiger partial charge in [0, 0.05) is 36.7 Å². The molecule has 0 radical (unpaired) electrons. The van der Waals surface area contributed by atoms with Gasteiger partial charge in [-0.25, -0.2) is 0 Å². The van der Waals surface area contributed by atoms with Crippen molar-refractivity contribution in [2.75, 3.05) is 31.1 Å². The summed E-state index contributed by atoms with van der Waals surface area (Å²) in [4.78, 5) is 2.63. The van der Waals surface area contributed by atoms with Gasteiger partial charge in [0.05, 0.1) is 0 Å². The molecule has 14 heavy (non-hydrogen) atoms. The number of nitrogens with two attached hydrogens (primary N) is 1. The highest BCUT2D eigenvalue weighted by atomic mass is 32.2. The molecule has 0 amide bonds. The number of nitrogens with zero attached hydrogens (tertiary/aromatic N) is 1. The van der Waals surface area contributed by atoms with Crippen molar-refractivity contribution in [1.82, 2.24) is 4.90 Å². The predicted molar refractivity (Wildman–Crippen MR) is 63.7 cm³/mol. The lowest BCUT2D eigenvalue weighted by Crippen LogP contribution is -2.54. The third-order valence-electron chi connectivity index (χ3n) is 3.64. The minimum atomic E-state index is 0.294. The smallest absolute Gasteiger partial charge is 0.0306 e. The second kappa shape index (κ2) is 4.42. The van der Waals surface area contributed by atoms with Crippen molar-refractivity contribution in [3.05, 3.63) is 0 Å². The third kappa shape index (κ3) is 2.44. The second-order valence-electron chi connectivity index (χ2n) is 4.95. The summed E-state index contributed by atoms with van der Waals surface area (Å²) < 4.78 is 0. The third-order valence-corrected chi connectivity index (χ3v) is 4.58. The quantitative estimate of drug-likeness (QED) is 0.770. The summed E-state index contributed by atoms with van der Waals surface area (Å²) in [5.74, 6) is 3.57. The molecule has 0 aromatic rings. The van der Waals surface area contributed by atoms with E-state index in [9.17, 15) is 0 Å². The van der Waals surface area contributed by atoms with Crippen LogP contribution in [0.1, 0.15) is 26.2 Å². The van der Waals surface area contributed by atoms with E-state index in [2.05, 4.69) is 23.6 Å². The first kappa shape index (κ1) is 10.8. The van der Waals surface area contributed by atoms with Crippen molar-refractivity contribution >= 4 is 11.8 Å². The van der Waals surface area contributed by atoms with Crippen LogP contribution in [0.3, 0.4) is 0 Å². The van der Waals surface area contributed by atoms with Crippen molar-refractivity contribution in [2.45, 2.75) is 31.7 Å². The Morgan fingerprint density at radius 2 is 2.00 bits per heavy atom. The van der Waals surface area contributed by atoms with E-state index < -0.39 is 0 Å². The largest absolute Gasteiger partial charge is 0.329 e. The standard InChI is InChI=1S/C11H22N2S/c1-11(9-12,8-10-2-3-10)13-4-6-14-7-5-13/h10H,2-9,12H2,1H3. The lowest BCUT2D eigenvalue weighted by atomic mass is 9.92. The van der Waals surface area contributed by atoms with E-state index in [1.807, 2.05) is 0 Å². The fourth-order valence-corrected chi connectivity index (χ4v) is 3.29. The predicted octanol–water partition coefficient (Wildman–Crippen LogP) is 1.55. The van der Waals surface area contributed by atoms with Crippen molar-refractivity contribution in [3.8, 4) is 0 Å². The van der Waals surface area contributed by atoms with E-state index >= 15 is 0 Å². The molecule has 0 spiro atoms. The maximum absolute atomic E-state index is 5.97. The average molecular weight is 214 g/mol. The molecule has 2 aliphatic rings. The highest BCUT2D eigenvalue weighted by molar-refractivity contribution is 7.99. The van der Waals surface area contributed by atoms with Crippen molar-refractivity contribution in [2.24, 2.45) is 11.7 Å². The lowest BCUT2D eigenvalue weighted by molar-refractivity contribution is 0.108. The zero-order valence-electron chi connectivity index (χ0n) is 9.17. The number of thioether (sulfide) groups is 1. The minimum absolute atomic E-state index is 0.294. The Kier molecular flexibility index (Phi) is 3.40. The maximum atomic E-state index is 5.97. The highest BCUT2D eigenvalue weighted by Gasteiger charge is 2.37. The molecule has 1 saturated carbocycles. The van der Waals surface area contributed by atoms with Crippen molar-refractivity contribution < 1.29 is 0 Å². The molecule has 0 aromatic heterocycles. The van der Waals surface area contributed by atoms with E-state index in [1.165, 1.54) is 43.9 Å². The van der Waals surface area contributed by atoms with Crippen LogP contribution in [0.5, 0.6) is 0 Å². The van der Waals surface area contributed by atoms with E-state index in [0.717, 1.165) is 12.5 Å². The number of hydrogen-bond donors (Lipinski definition) is 1. The molecule has 1 heterocycles. The zero-order chi connectivity index (χ0) is 10.0. The molecule has 2 N–H and O–H groups in total. The van der Waals surface area contributed by atoms with Gasteiger partial charge in [-0.15, -0.1) is 0 Å². The van der Waals surface area contributed by atoms with Gasteiger partial charge in [0.1, 0.15) is 0 Å². The Morgan fingerprint density at radius 1 is 1.36 bits per heavy atom. The molecule has 2 nitrogen and oxygen atoms in total. The molecule has 3 heteroatoms. The molecule has 1 atom stereocenters. The minimum Gasteiger partial charge on any atom is -0.329 e. The fourth-order valence-electron chi connectivity index (χ4n) is 2.39. The highest BCUT2D eigenvalue weighted by Crippen LogP contribution is 2.39. The molecular weight excluding hydrogens is 192 g/mol. The van der Waals surface area contributed by atoms with Crippen LogP contribution in [0.15, 0.2) is 0 Å². The van der Waals surface area contributed by atoms with Crippen molar-refractivity contribution in [1.29, 1.82) is 0 Å². The monoisotopic (exact) mass is 214 g/mol. The van der Waals surface area contributed by atoms with Gasteiger partial charge in [-0.05, 0) is 19.3 Å². The van der Waals surface area contributed by atoms with Crippen LogP contribution >= 0.6 is 11.8 Å². The number of hydrogen-bond acceptors (Lipinski definition) is 3. The van der Waals surface area contributed by atoms with Gasteiger partial charge in [-0.1, -0.05) is 12.8 Å². The van der Waals surface area contributed by atoms with Gasteiger partial charge in [0.2, 0.25) is 0 Å². The van der Waals surface area contributed by atoms with E-state index in [-0.39, 0.29) is 0 Å². The van der Waals surface area contributed by atoms with Crippen LogP contribution < -0.4 is 5.73 Å². The molecule has 1 aliphatic heterocycles. The van der Waals surface area contributed by atoms with Crippen LogP contribution in [0, 0.1) is 5.92 Å². The normalized spacial score (nSPS) is 28.7. The van der Waals surface area contributed by atoms with Gasteiger partial charge in [0.25, 0.3) is 0 Å². The van der Waals surface area contributed by atoms with E-state index in [4.69, 9.17) is 5.73 Å². The van der Waals surface area contributed by atoms with Gasteiger partial charge >= 0.3 is 0 Å². The summed E-state index contributed by atoms with van der Waals surface area (Å²) in [5, 5.41) is 0. The first-order valence-electron chi connectivity index (χ1n) is 5.77. The molecule has 2 fully saturated rings. The molecule has 1 unspecified atom stereocenters. The zero-order valence-corrected chi connectivity index (χ0v) is 9.98. The maximum Gasteiger partial charge on any atom is 0.0306 e. The topological polar surface area (TPSA) is 29.3 Å².